The van der Waals surface area contributed by atoms with Crippen molar-refractivity contribution in [2.45, 2.75) is 45.6 Å². The fraction of sp³-hybridized carbons (Fsp3) is 0.571. The Balaban J connectivity index is 1.40. The van der Waals surface area contributed by atoms with Gasteiger partial charge in [-0.1, -0.05) is 13.8 Å². The third-order valence-corrected chi connectivity index (χ3v) is 5.94. The lowest BCUT2D eigenvalue weighted by atomic mass is 9.95. The van der Waals surface area contributed by atoms with Gasteiger partial charge in [-0.15, -0.1) is 10.2 Å². The van der Waals surface area contributed by atoms with E-state index in [-0.39, 0.29) is 17.7 Å². The lowest BCUT2D eigenvalue weighted by Crippen LogP contribution is -2.38. The number of carbonyl (C=O) groups excluding carboxylic acids is 2. The highest BCUT2D eigenvalue weighted by atomic mass is 16.2. The minimum atomic E-state index is 0.0141. The molecule has 29 heavy (non-hydrogen) atoms. The van der Waals surface area contributed by atoms with Crippen molar-refractivity contribution in [1.29, 1.82) is 0 Å². The second-order valence-corrected chi connectivity index (χ2v) is 8.16. The van der Waals surface area contributed by atoms with Crippen molar-refractivity contribution in [3.63, 3.8) is 0 Å². The van der Waals surface area contributed by atoms with Gasteiger partial charge in [0.2, 0.25) is 5.91 Å². The zero-order valence-corrected chi connectivity index (χ0v) is 17.1. The molecule has 1 fully saturated rings. The third-order valence-electron chi connectivity index (χ3n) is 5.94. The number of aromatic nitrogens is 4. The van der Waals surface area contributed by atoms with E-state index in [4.69, 9.17) is 0 Å². The molecule has 0 atom stereocenters. The van der Waals surface area contributed by atoms with Crippen molar-refractivity contribution in [3.05, 3.63) is 41.7 Å². The first-order chi connectivity index (χ1) is 14.0. The van der Waals surface area contributed by atoms with Gasteiger partial charge in [0, 0.05) is 68.9 Å². The molecule has 0 spiro atoms. The van der Waals surface area contributed by atoms with Crippen molar-refractivity contribution in [1.82, 2.24) is 29.5 Å². The first-order valence-electron chi connectivity index (χ1n) is 10.4. The topological polar surface area (TPSA) is 84.2 Å². The summed E-state index contributed by atoms with van der Waals surface area (Å²) >= 11 is 0. The van der Waals surface area contributed by atoms with Crippen molar-refractivity contribution in [2.24, 2.45) is 5.92 Å². The van der Waals surface area contributed by atoms with Gasteiger partial charge in [0.25, 0.3) is 5.91 Å². The van der Waals surface area contributed by atoms with Crippen molar-refractivity contribution >= 4 is 11.8 Å². The van der Waals surface area contributed by atoms with E-state index >= 15 is 0 Å². The van der Waals surface area contributed by atoms with E-state index in [1.807, 2.05) is 23.6 Å². The Morgan fingerprint density at radius 1 is 0.966 bits per heavy atom. The normalized spacial score (nSPS) is 17.9. The molecule has 0 radical (unpaired) electrons. The minimum absolute atomic E-state index is 0.0141. The minimum Gasteiger partial charge on any atom is -0.340 e. The Bertz CT molecular complexity index is 871. The van der Waals surface area contributed by atoms with Crippen LogP contribution in [0, 0.1) is 5.92 Å². The molecule has 0 N–H and O–H groups in total. The number of likely N-dealkylation sites (tertiary alicyclic amines) is 1. The second kappa shape index (κ2) is 8.31. The van der Waals surface area contributed by atoms with Gasteiger partial charge in [-0.3, -0.25) is 14.6 Å². The van der Waals surface area contributed by atoms with E-state index in [1.54, 1.807) is 24.5 Å². The summed E-state index contributed by atoms with van der Waals surface area (Å²) in [6.07, 6.45) is 5.80. The Morgan fingerprint density at radius 3 is 2.38 bits per heavy atom. The fourth-order valence-corrected chi connectivity index (χ4v) is 4.25. The maximum absolute atomic E-state index is 12.7. The molecule has 2 aromatic rings. The Labute approximate surface area is 170 Å². The Morgan fingerprint density at radius 2 is 1.69 bits per heavy atom. The highest BCUT2D eigenvalue weighted by Gasteiger charge is 2.30. The third kappa shape index (κ3) is 4.02. The number of hydrogen-bond donors (Lipinski definition) is 0. The number of piperidine rings is 1. The lowest BCUT2D eigenvalue weighted by Gasteiger charge is -2.32. The molecule has 0 aromatic carbocycles. The summed E-state index contributed by atoms with van der Waals surface area (Å²) in [5.41, 5.74) is 0.685. The van der Waals surface area contributed by atoms with Gasteiger partial charge in [-0.25, -0.2) is 0 Å². The van der Waals surface area contributed by atoms with Crippen molar-refractivity contribution in [3.8, 4) is 0 Å². The van der Waals surface area contributed by atoms with E-state index in [0.29, 0.717) is 37.7 Å². The number of pyridine rings is 1. The van der Waals surface area contributed by atoms with Crippen LogP contribution in [0.15, 0.2) is 24.5 Å². The van der Waals surface area contributed by atoms with Gasteiger partial charge in [-0.2, -0.15) is 0 Å². The number of rotatable bonds is 3. The molecular formula is C21H28N6O2. The van der Waals surface area contributed by atoms with Gasteiger partial charge in [0.15, 0.2) is 0 Å². The molecule has 2 aliphatic heterocycles. The van der Waals surface area contributed by atoms with E-state index in [0.717, 1.165) is 37.5 Å². The molecule has 0 unspecified atom stereocenters. The van der Waals surface area contributed by atoms with Crippen LogP contribution >= 0.6 is 0 Å². The van der Waals surface area contributed by atoms with Crippen LogP contribution in [0.5, 0.6) is 0 Å². The molecule has 4 rings (SSSR count). The summed E-state index contributed by atoms with van der Waals surface area (Å²) in [6.45, 7) is 7.46. The summed E-state index contributed by atoms with van der Waals surface area (Å²) in [6, 6.07) is 3.52. The molecule has 2 aliphatic rings. The zero-order valence-electron chi connectivity index (χ0n) is 17.1. The molecule has 0 saturated carbocycles. The van der Waals surface area contributed by atoms with Gasteiger partial charge in [0.1, 0.15) is 11.6 Å². The number of hydrogen-bond acceptors (Lipinski definition) is 5. The summed E-state index contributed by atoms with van der Waals surface area (Å²) < 4.78 is 2.21. The smallest absolute Gasteiger partial charge is 0.253 e. The van der Waals surface area contributed by atoms with Crippen LogP contribution in [0.3, 0.4) is 0 Å². The van der Waals surface area contributed by atoms with Crippen LogP contribution in [0.4, 0.5) is 0 Å². The van der Waals surface area contributed by atoms with Crippen LogP contribution in [-0.4, -0.2) is 67.5 Å². The SMILES string of the molecule is CC(C)C(=O)N1CCc2nnc(C3CCN(C(=O)c4ccncc4)CC3)n2CC1. The molecule has 8 heteroatoms. The Hall–Kier alpha value is -2.77. The molecule has 2 amide bonds. The predicted molar refractivity (Wildman–Crippen MR) is 107 cm³/mol. The molecule has 2 aromatic heterocycles. The van der Waals surface area contributed by atoms with Crippen LogP contribution in [0.1, 0.15) is 54.6 Å². The molecule has 8 nitrogen and oxygen atoms in total. The molecule has 1 saturated heterocycles. The van der Waals surface area contributed by atoms with Gasteiger partial charge in [0.05, 0.1) is 0 Å². The predicted octanol–water partition coefficient (Wildman–Crippen LogP) is 1.73. The number of nitrogens with zero attached hydrogens (tertiary/aromatic N) is 6. The first kappa shape index (κ1) is 19.5. The highest BCUT2D eigenvalue weighted by molar-refractivity contribution is 5.94. The van der Waals surface area contributed by atoms with Gasteiger partial charge >= 0.3 is 0 Å². The van der Waals surface area contributed by atoms with Crippen LogP contribution in [-0.2, 0) is 17.8 Å². The van der Waals surface area contributed by atoms with Gasteiger partial charge in [-0.05, 0) is 25.0 Å². The van der Waals surface area contributed by atoms with Crippen LogP contribution in [0.25, 0.3) is 0 Å². The first-order valence-corrected chi connectivity index (χ1v) is 10.4. The fourth-order valence-electron chi connectivity index (χ4n) is 4.25. The summed E-state index contributed by atoms with van der Waals surface area (Å²) in [7, 11) is 0. The molecular weight excluding hydrogens is 368 g/mol. The van der Waals surface area contributed by atoms with Gasteiger partial charge < -0.3 is 14.4 Å². The number of carbonyl (C=O) groups is 2. The van der Waals surface area contributed by atoms with Crippen LogP contribution < -0.4 is 0 Å². The average molecular weight is 396 g/mol. The molecule has 0 aliphatic carbocycles. The second-order valence-electron chi connectivity index (χ2n) is 8.16. The summed E-state index contributed by atoms with van der Waals surface area (Å²) in [4.78, 5) is 32.9. The molecule has 154 valence electrons. The van der Waals surface area contributed by atoms with E-state index < -0.39 is 0 Å². The number of fused-ring (bicyclic) bond motifs is 1. The van der Waals surface area contributed by atoms with Crippen molar-refractivity contribution < 1.29 is 9.59 Å². The maximum Gasteiger partial charge on any atom is 0.253 e. The lowest BCUT2D eigenvalue weighted by molar-refractivity contribution is -0.134. The molecule has 4 heterocycles. The quantitative estimate of drug-likeness (QED) is 0.789. The van der Waals surface area contributed by atoms with E-state index in [9.17, 15) is 9.59 Å². The largest absolute Gasteiger partial charge is 0.340 e. The van der Waals surface area contributed by atoms with Crippen molar-refractivity contribution in [2.75, 3.05) is 26.2 Å². The zero-order chi connectivity index (χ0) is 20.4. The molecule has 0 bridgehead atoms. The van der Waals surface area contributed by atoms with Crippen LogP contribution in [0.2, 0.25) is 0 Å². The van der Waals surface area contributed by atoms with E-state index in [2.05, 4.69) is 19.7 Å². The number of amides is 2. The average Bonchev–Trinajstić information content (AvgIpc) is 3.04. The maximum atomic E-state index is 12.7. The monoisotopic (exact) mass is 396 g/mol. The summed E-state index contributed by atoms with van der Waals surface area (Å²) in [5.74, 6) is 2.55. The summed E-state index contributed by atoms with van der Waals surface area (Å²) in [5, 5.41) is 8.91. The standard InChI is InChI=1S/C21H28N6O2/c1-15(2)20(28)26-12-7-18-23-24-19(27(18)14-13-26)16-5-10-25(11-6-16)21(29)17-3-8-22-9-4-17/h3-4,8-9,15-16H,5-7,10-14H2,1-2H3. The van der Waals surface area contributed by atoms with E-state index in [1.165, 1.54) is 0 Å². The highest BCUT2D eigenvalue weighted by Crippen LogP contribution is 2.28. The Kier molecular flexibility index (Phi) is 5.60.